The van der Waals surface area contributed by atoms with Crippen LogP contribution in [0.5, 0.6) is 0 Å². The van der Waals surface area contributed by atoms with Crippen LogP contribution in [0.1, 0.15) is 16.7 Å². The Labute approximate surface area is 78.7 Å². The fourth-order valence-corrected chi connectivity index (χ4v) is 1.72. The summed E-state index contributed by atoms with van der Waals surface area (Å²) in [4.78, 5) is 0. The molecule has 0 saturated heterocycles. The summed E-state index contributed by atoms with van der Waals surface area (Å²) in [5, 5.41) is 3.97. The molecule has 0 aliphatic carbocycles. The van der Waals surface area contributed by atoms with Crippen molar-refractivity contribution in [1.82, 2.24) is 5.32 Å². The van der Waals surface area contributed by atoms with Crippen molar-refractivity contribution in [2.75, 3.05) is 7.05 Å². The minimum absolute atomic E-state index is 0.824. The van der Waals surface area contributed by atoms with Gasteiger partial charge in [-0.3, -0.25) is 0 Å². The van der Waals surface area contributed by atoms with Gasteiger partial charge in [0.25, 0.3) is 0 Å². The highest BCUT2D eigenvalue weighted by molar-refractivity contribution is 6.30. The normalized spacial score (nSPS) is 10.3. The van der Waals surface area contributed by atoms with Crippen LogP contribution in [-0.2, 0) is 6.54 Å². The fourth-order valence-electron chi connectivity index (χ4n) is 1.40. The summed E-state index contributed by atoms with van der Waals surface area (Å²) in [5.74, 6) is 0. The molecular formula is C10H14ClN. The molecule has 1 nitrogen and oxygen atoms in total. The molecule has 0 atom stereocenters. The largest absolute Gasteiger partial charge is 0.316 e. The van der Waals surface area contributed by atoms with E-state index in [0.717, 1.165) is 11.6 Å². The molecule has 1 aromatic rings. The van der Waals surface area contributed by atoms with E-state index >= 15 is 0 Å². The Balaban J connectivity index is 3.10. The molecule has 66 valence electrons. The second-order valence-electron chi connectivity index (χ2n) is 3.05. The van der Waals surface area contributed by atoms with Crippen molar-refractivity contribution in [3.63, 3.8) is 0 Å². The van der Waals surface area contributed by atoms with E-state index in [-0.39, 0.29) is 0 Å². The van der Waals surface area contributed by atoms with Gasteiger partial charge in [-0.15, -0.1) is 0 Å². The minimum Gasteiger partial charge on any atom is -0.316 e. The van der Waals surface area contributed by atoms with Crippen molar-refractivity contribution in [2.45, 2.75) is 20.4 Å². The maximum absolute atomic E-state index is 5.90. The summed E-state index contributed by atoms with van der Waals surface area (Å²) in [6, 6.07) is 4.00. The smallest absolute Gasteiger partial charge is 0.0411 e. The maximum atomic E-state index is 5.90. The van der Waals surface area contributed by atoms with Crippen LogP contribution < -0.4 is 5.32 Å². The molecule has 0 fully saturated rings. The van der Waals surface area contributed by atoms with Crippen molar-refractivity contribution < 1.29 is 0 Å². The average molecular weight is 184 g/mol. The Morgan fingerprint density at radius 3 is 2.17 bits per heavy atom. The zero-order chi connectivity index (χ0) is 9.14. The zero-order valence-electron chi connectivity index (χ0n) is 7.74. The third-order valence-corrected chi connectivity index (χ3v) is 2.23. The van der Waals surface area contributed by atoms with E-state index in [4.69, 9.17) is 11.6 Å². The Morgan fingerprint density at radius 1 is 1.25 bits per heavy atom. The molecule has 0 saturated carbocycles. The third kappa shape index (κ3) is 1.99. The number of benzene rings is 1. The van der Waals surface area contributed by atoms with E-state index in [9.17, 15) is 0 Å². The van der Waals surface area contributed by atoms with Crippen LogP contribution in [0.25, 0.3) is 0 Å². The van der Waals surface area contributed by atoms with Gasteiger partial charge < -0.3 is 5.32 Å². The van der Waals surface area contributed by atoms with Gasteiger partial charge in [-0.05, 0) is 49.7 Å². The summed E-state index contributed by atoms with van der Waals surface area (Å²) in [6.45, 7) is 5.09. The number of hydrogen-bond donors (Lipinski definition) is 1. The standard InChI is InChI=1S/C10H14ClN/c1-7-4-9(11)5-8(2)10(7)6-12-3/h4-5,12H,6H2,1-3H3. The van der Waals surface area contributed by atoms with Crippen LogP contribution in [0.2, 0.25) is 5.02 Å². The first-order valence-electron chi connectivity index (χ1n) is 4.05. The van der Waals surface area contributed by atoms with E-state index in [0.29, 0.717) is 0 Å². The lowest BCUT2D eigenvalue weighted by molar-refractivity contribution is 0.806. The number of aryl methyl sites for hydroxylation is 2. The lowest BCUT2D eigenvalue weighted by Crippen LogP contribution is -2.08. The van der Waals surface area contributed by atoms with Gasteiger partial charge in [0.15, 0.2) is 0 Å². The van der Waals surface area contributed by atoms with Gasteiger partial charge in [0.05, 0.1) is 0 Å². The number of nitrogens with one attached hydrogen (secondary N) is 1. The molecule has 12 heavy (non-hydrogen) atoms. The maximum Gasteiger partial charge on any atom is 0.0411 e. The molecule has 0 aromatic heterocycles. The molecule has 0 aliphatic heterocycles. The van der Waals surface area contributed by atoms with E-state index in [1.54, 1.807) is 0 Å². The van der Waals surface area contributed by atoms with Gasteiger partial charge >= 0.3 is 0 Å². The lowest BCUT2D eigenvalue weighted by Gasteiger charge is -2.09. The molecule has 0 aliphatic rings. The molecule has 0 bridgehead atoms. The highest BCUT2D eigenvalue weighted by atomic mass is 35.5. The van der Waals surface area contributed by atoms with Crippen LogP contribution in [0.4, 0.5) is 0 Å². The van der Waals surface area contributed by atoms with Crippen molar-refractivity contribution in [1.29, 1.82) is 0 Å². The zero-order valence-corrected chi connectivity index (χ0v) is 8.50. The molecule has 2 heteroatoms. The van der Waals surface area contributed by atoms with Gasteiger partial charge in [-0.2, -0.15) is 0 Å². The van der Waals surface area contributed by atoms with Crippen molar-refractivity contribution in [3.8, 4) is 0 Å². The summed E-state index contributed by atoms with van der Waals surface area (Å²) in [6.07, 6.45) is 0. The number of hydrogen-bond acceptors (Lipinski definition) is 1. The van der Waals surface area contributed by atoms with Crippen molar-refractivity contribution in [3.05, 3.63) is 33.8 Å². The first-order chi connectivity index (χ1) is 5.65. The van der Waals surface area contributed by atoms with Crippen LogP contribution in [-0.4, -0.2) is 7.05 Å². The van der Waals surface area contributed by atoms with Gasteiger partial charge in [0.2, 0.25) is 0 Å². The molecule has 0 heterocycles. The van der Waals surface area contributed by atoms with Crippen molar-refractivity contribution >= 4 is 11.6 Å². The second-order valence-corrected chi connectivity index (χ2v) is 3.48. The number of rotatable bonds is 2. The highest BCUT2D eigenvalue weighted by Gasteiger charge is 2.02. The van der Waals surface area contributed by atoms with Crippen LogP contribution in [0.3, 0.4) is 0 Å². The first-order valence-corrected chi connectivity index (χ1v) is 4.43. The minimum atomic E-state index is 0.824. The first kappa shape index (κ1) is 9.56. The molecule has 1 rings (SSSR count). The predicted octanol–water partition coefficient (Wildman–Crippen LogP) is 2.68. The molecule has 0 radical (unpaired) electrons. The van der Waals surface area contributed by atoms with Crippen LogP contribution >= 0.6 is 11.6 Å². The molecular weight excluding hydrogens is 170 g/mol. The molecule has 1 N–H and O–H groups in total. The number of halogens is 1. The second kappa shape index (κ2) is 3.92. The van der Waals surface area contributed by atoms with Crippen molar-refractivity contribution in [2.24, 2.45) is 0 Å². The molecule has 1 aromatic carbocycles. The van der Waals surface area contributed by atoms with Gasteiger partial charge in [-0.1, -0.05) is 11.6 Å². The molecule has 0 spiro atoms. The SMILES string of the molecule is CNCc1c(C)cc(Cl)cc1C. The predicted molar refractivity (Wildman–Crippen MR) is 53.7 cm³/mol. The molecule has 0 unspecified atom stereocenters. The van der Waals surface area contributed by atoms with Crippen LogP contribution in [0.15, 0.2) is 12.1 Å². The summed E-state index contributed by atoms with van der Waals surface area (Å²) in [5.41, 5.74) is 3.87. The Morgan fingerprint density at radius 2 is 1.75 bits per heavy atom. The lowest BCUT2D eigenvalue weighted by atomic mass is 10.0. The Hall–Kier alpha value is -0.530. The van der Waals surface area contributed by atoms with E-state index in [1.165, 1.54) is 16.7 Å². The summed E-state index contributed by atoms with van der Waals surface area (Å²) >= 11 is 5.90. The third-order valence-electron chi connectivity index (χ3n) is 2.01. The van der Waals surface area contributed by atoms with Crippen LogP contribution in [0, 0.1) is 13.8 Å². The molecule has 0 amide bonds. The summed E-state index contributed by atoms with van der Waals surface area (Å²) in [7, 11) is 1.95. The summed E-state index contributed by atoms with van der Waals surface area (Å²) < 4.78 is 0. The Kier molecular flexibility index (Phi) is 3.12. The fraction of sp³-hybridized carbons (Fsp3) is 0.400. The van der Waals surface area contributed by atoms with E-state index in [1.807, 2.05) is 19.2 Å². The highest BCUT2D eigenvalue weighted by Crippen LogP contribution is 2.19. The van der Waals surface area contributed by atoms with Gasteiger partial charge in [0, 0.05) is 11.6 Å². The van der Waals surface area contributed by atoms with Gasteiger partial charge in [-0.25, -0.2) is 0 Å². The van der Waals surface area contributed by atoms with Gasteiger partial charge in [0.1, 0.15) is 0 Å². The monoisotopic (exact) mass is 183 g/mol. The topological polar surface area (TPSA) is 12.0 Å². The average Bonchev–Trinajstić information content (AvgIpc) is 1.96. The van der Waals surface area contributed by atoms with E-state index in [2.05, 4.69) is 19.2 Å². The Bertz CT molecular complexity index is 258. The van der Waals surface area contributed by atoms with E-state index < -0.39 is 0 Å². The quantitative estimate of drug-likeness (QED) is 0.744.